The molecule has 0 aliphatic heterocycles. The van der Waals surface area contributed by atoms with Crippen LogP contribution in [0, 0.1) is 17.5 Å². The smallest absolute Gasteiger partial charge is 0.266 e. The third-order valence-corrected chi connectivity index (χ3v) is 7.52. The van der Waals surface area contributed by atoms with Crippen LogP contribution in [0.1, 0.15) is 0 Å². The number of benzene rings is 2. The van der Waals surface area contributed by atoms with E-state index in [0.717, 1.165) is 35.6 Å². The van der Waals surface area contributed by atoms with E-state index in [4.69, 9.17) is 16.3 Å². The van der Waals surface area contributed by atoms with Crippen molar-refractivity contribution < 1.29 is 26.3 Å². The molecule has 14 heteroatoms. The Kier molecular flexibility index (Phi) is 6.82. The lowest BCUT2D eigenvalue weighted by molar-refractivity contribution is 0.473. The van der Waals surface area contributed by atoms with E-state index in [1.54, 1.807) is 30.2 Å². The van der Waals surface area contributed by atoms with Gasteiger partial charge in [0.2, 0.25) is 0 Å². The van der Waals surface area contributed by atoms with Crippen molar-refractivity contribution in [2.75, 3.05) is 4.72 Å². The van der Waals surface area contributed by atoms with E-state index in [2.05, 4.69) is 19.8 Å². The summed E-state index contributed by atoms with van der Waals surface area (Å²) in [6.45, 7) is 0. The molecule has 8 nitrogen and oxygen atoms in total. The van der Waals surface area contributed by atoms with Gasteiger partial charge in [-0.25, -0.2) is 26.6 Å². The first-order valence-electron chi connectivity index (χ1n) is 10.6. The SMILES string of the molecule is Cn1cc(-c2cc(-c3ccc(F)c(F)c3)ncc2Oc2cc(F)c(S(=O)(=O)Nc3cscn3)cc2Cl)cn1. The van der Waals surface area contributed by atoms with Crippen molar-refractivity contribution in [2.45, 2.75) is 4.90 Å². The lowest BCUT2D eigenvalue weighted by atomic mass is 10.0. The van der Waals surface area contributed by atoms with Crippen molar-refractivity contribution in [2.24, 2.45) is 7.05 Å². The van der Waals surface area contributed by atoms with Gasteiger partial charge in [-0.2, -0.15) is 5.10 Å². The van der Waals surface area contributed by atoms with E-state index in [-0.39, 0.29) is 22.3 Å². The van der Waals surface area contributed by atoms with Crippen LogP contribution in [0.5, 0.6) is 11.5 Å². The van der Waals surface area contributed by atoms with Crippen LogP contribution in [0.4, 0.5) is 19.0 Å². The van der Waals surface area contributed by atoms with Crippen LogP contribution in [0.2, 0.25) is 5.02 Å². The molecule has 194 valence electrons. The van der Waals surface area contributed by atoms with Gasteiger partial charge in [0.05, 0.1) is 28.6 Å². The predicted molar refractivity (Wildman–Crippen MR) is 136 cm³/mol. The van der Waals surface area contributed by atoms with Gasteiger partial charge in [0.25, 0.3) is 10.0 Å². The van der Waals surface area contributed by atoms with Gasteiger partial charge in [-0.3, -0.25) is 14.4 Å². The van der Waals surface area contributed by atoms with E-state index in [1.165, 1.54) is 23.2 Å². The van der Waals surface area contributed by atoms with Crippen LogP contribution in [0.3, 0.4) is 0 Å². The zero-order valence-corrected chi connectivity index (χ0v) is 21.6. The molecule has 0 unspecified atom stereocenters. The van der Waals surface area contributed by atoms with Crippen LogP contribution in [0.15, 0.2) is 70.8 Å². The summed E-state index contributed by atoms with van der Waals surface area (Å²) < 4.78 is 77.1. The largest absolute Gasteiger partial charge is 0.453 e. The standard InChI is InChI=1S/C24H15ClF3N5O3S2/c1-33-10-14(8-31-33)15-5-20(13-2-3-17(26)18(27)4-13)29-9-22(15)36-21-7-19(28)23(6-16(21)25)38(34,35)32-24-11-37-12-30-24/h2-12,32H,1H3. The highest BCUT2D eigenvalue weighted by atomic mass is 35.5. The highest BCUT2D eigenvalue weighted by Gasteiger charge is 2.24. The lowest BCUT2D eigenvalue weighted by Gasteiger charge is -2.14. The van der Waals surface area contributed by atoms with E-state index < -0.39 is 32.4 Å². The number of ether oxygens (including phenoxy) is 1. The van der Waals surface area contributed by atoms with Crippen molar-refractivity contribution in [3.8, 4) is 33.9 Å². The maximum absolute atomic E-state index is 15.0. The number of halogens is 4. The number of aromatic nitrogens is 4. The van der Waals surface area contributed by atoms with Gasteiger partial charge in [0, 0.05) is 41.4 Å². The van der Waals surface area contributed by atoms with Crippen LogP contribution >= 0.6 is 22.9 Å². The molecule has 0 bridgehead atoms. The second-order valence-electron chi connectivity index (χ2n) is 7.89. The van der Waals surface area contributed by atoms with Crippen LogP contribution in [0.25, 0.3) is 22.4 Å². The normalized spacial score (nSPS) is 11.5. The fourth-order valence-electron chi connectivity index (χ4n) is 3.49. The molecule has 3 heterocycles. The predicted octanol–water partition coefficient (Wildman–Crippen LogP) is 6.27. The third kappa shape index (κ3) is 5.21. The molecule has 0 amide bonds. The van der Waals surface area contributed by atoms with Crippen LogP contribution in [-0.4, -0.2) is 28.2 Å². The highest BCUT2D eigenvalue weighted by Crippen LogP contribution is 2.39. The zero-order valence-electron chi connectivity index (χ0n) is 19.2. The van der Waals surface area contributed by atoms with Gasteiger partial charge in [-0.15, -0.1) is 11.3 Å². The number of nitrogens with one attached hydrogen (secondary N) is 1. The van der Waals surface area contributed by atoms with Crippen molar-refractivity contribution >= 4 is 38.8 Å². The van der Waals surface area contributed by atoms with E-state index in [1.807, 2.05) is 0 Å². The lowest BCUT2D eigenvalue weighted by Crippen LogP contribution is -2.15. The van der Waals surface area contributed by atoms with E-state index in [0.29, 0.717) is 22.4 Å². The Hall–Kier alpha value is -3.94. The summed E-state index contributed by atoms with van der Waals surface area (Å²) in [6, 6.07) is 6.71. The second-order valence-corrected chi connectivity index (χ2v) is 10.7. The Bertz CT molecular complexity index is 1760. The number of anilines is 1. The first-order chi connectivity index (χ1) is 18.1. The summed E-state index contributed by atoms with van der Waals surface area (Å²) in [4.78, 5) is 7.40. The van der Waals surface area contributed by atoms with Crippen molar-refractivity contribution in [3.05, 3.63) is 88.4 Å². The molecule has 0 aliphatic rings. The molecule has 5 rings (SSSR count). The number of hydrogen-bond acceptors (Lipinski definition) is 7. The molecular formula is C24H15ClF3N5O3S2. The molecule has 0 spiro atoms. The molecule has 0 radical (unpaired) electrons. The molecule has 0 fully saturated rings. The molecule has 1 N–H and O–H groups in total. The van der Waals surface area contributed by atoms with Crippen molar-refractivity contribution in [3.63, 3.8) is 0 Å². The summed E-state index contributed by atoms with van der Waals surface area (Å²) in [7, 11) is -2.62. The summed E-state index contributed by atoms with van der Waals surface area (Å²) in [5.41, 5.74) is 3.06. The number of aryl methyl sites for hydroxylation is 1. The summed E-state index contributed by atoms with van der Waals surface area (Å²) in [5.74, 6) is -3.15. The Morgan fingerprint density at radius 1 is 0.974 bits per heavy atom. The number of rotatable bonds is 7. The Balaban J connectivity index is 1.53. The van der Waals surface area contributed by atoms with Gasteiger partial charge < -0.3 is 4.74 Å². The Labute approximate surface area is 223 Å². The molecule has 3 aromatic heterocycles. The number of hydrogen-bond donors (Lipinski definition) is 1. The Morgan fingerprint density at radius 3 is 2.47 bits per heavy atom. The van der Waals surface area contributed by atoms with Gasteiger partial charge in [-0.1, -0.05) is 11.6 Å². The average Bonchev–Trinajstić information content (AvgIpc) is 3.54. The summed E-state index contributed by atoms with van der Waals surface area (Å²) in [6.07, 6.45) is 4.53. The van der Waals surface area contributed by atoms with E-state index >= 15 is 0 Å². The zero-order chi connectivity index (χ0) is 27.0. The Morgan fingerprint density at radius 2 is 1.79 bits per heavy atom. The topological polar surface area (TPSA) is 99.0 Å². The minimum Gasteiger partial charge on any atom is -0.453 e. The van der Waals surface area contributed by atoms with Crippen molar-refractivity contribution in [1.29, 1.82) is 0 Å². The van der Waals surface area contributed by atoms with Crippen LogP contribution in [-0.2, 0) is 17.1 Å². The van der Waals surface area contributed by atoms with Gasteiger partial charge in [0.15, 0.2) is 23.2 Å². The molecule has 5 aromatic rings. The maximum atomic E-state index is 15.0. The molecule has 0 atom stereocenters. The van der Waals surface area contributed by atoms with E-state index in [9.17, 15) is 21.6 Å². The number of thiazole rings is 1. The first-order valence-corrected chi connectivity index (χ1v) is 13.4. The minimum absolute atomic E-state index is 0.0409. The first kappa shape index (κ1) is 25.7. The highest BCUT2D eigenvalue weighted by molar-refractivity contribution is 7.92. The molecule has 2 aromatic carbocycles. The van der Waals surface area contributed by atoms with Crippen molar-refractivity contribution in [1.82, 2.24) is 19.7 Å². The quantitative estimate of drug-likeness (QED) is 0.245. The second kappa shape index (κ2) is 10.1. The summed E-state index contributed by atoms with van der Waals surface area (Å²) in [5, 5.41) is 5.40. The fraction of sp³-hybridized carbons (Fsp3) is 0.0417. The molecule has 38 heavy (non-hydrogen) atoms. The van der Waals surface area contributed by atoms with Gasteiger partial charge in [-0.05, 0) is 30.3 Å². The molecular weight excluding hydrogens is 563 g/mol. The summed E-state index contributed by atoms with van der Waals surface area (Å²) >= 11 is 7.45. The van der Waals surface area contributed by atoms with Gasteiger partial charge >= 0.3 is 0 Å². The minimum atomic E-state index is -4.32. The molecule has 0 saturated heterocycles. The number of pyridine rings is 1. The number of sulfonamides is 1. The third-order valence-electron chi connectivity index (χ3n) is 5.27. The maximum Gasteiger partial charge on any atom is 0.266 e. The van der Waals surface area contributed by atoms with Crippen LogP contribution < -0.4 is 9.46 Å². The number of nitrogens with zero attached hydrogens (tertiary/aromatic N) is 4. The van der Waals surface area contributed by atoms with Gasteiger partial charge in [0.1, 0.15) is 16.5 Å². The molecule has 0 aliphatic carbocycles. The molecule has 0 saturated carbocycles. The monoisotopic (exact) mass is 577 g/mol. The average molecular weight is 578 g/mol. The fourth-order valence-corrected chi connectivity index (χ4v) is 5.40.